The molecule has 0 fully saturated rings. The Hall–Kier alpha value is -1.36. The summed E-state index contributed by atoms with van der Waals surface area (Å²) in [6.07, 6.45) is 2.35. The quantitative estimate of drug-likeness (QED) is 0.662. The van der Waals surface area contributed by atoms with Crippen LogP contribution < -0.4 is 11.1 Å². The van der Waals surface area contributed by atoms with E-state index in [4.69, 9.17) is 5.73 Å². The predicted octanol–water partition coefficient (Wildman–Crippen LogP) is 0.513. The van der Waals surface area contributed by atoms with Gasteiger partial charge in [-0.15, -0.1) is 0 Å². The third-order valence-electron chi connectivity index (χ3n) is 2.34. The average Bonchev–Trinajstić information content (AvgIpc) is 2.69. The number of nitrogens with zero attached hydrogens (tertiary/aromatic N) is 1. The molecule has 84 valence electrons. The van der Waals surface area contributed by atoms with Crippen LogP contribution in [0.25, 0.3) is 0 Å². The second kappa shape index (κ2) is 5.50. The molecule has 1 unspecified atom stereocenters. The molecule has 0 aliphatic carbocycles. The molecule has 0 aliphatic rings. The Morgan fingerprint density at radius 1 is 1.67 bits per heavy atom. The Bertz CT molecular complexity index is 294. The van der Waals surface area contributed by atoms with Crippen LogP contribution in [0.15, 0.2) is 12.3 Å². The van der Waals surface area contributed by atoms with Crippen LogP contribution in [0.3, 0.4) is 0 Å². The summed E-state index contributed by atoms with van der Waals surface area (Å²) in [7, 11) is 0. The number of carbonyl (C=O) groups excluding carboxylic acids is 1. The number of carbonyl (C=O) groups is 1. The van der Waals surface area contributed by atoms with Crippen LogP contribution in [0, 0.1) is 5.92 Å². The van der Waals surface area contributed by atoms with Crippen LogP contribution in [0.4, 0.5) is 0 Å². The van der Waals surface area contributed by atoms with E-state index in [1.807, 2.05) is 0 Å². The lowest BCUT2D eigenvalue weighted by Gasteiger charge is -2.21. The Kier molecular flexibility index (Phi) is 4.30. The second-order valence-corrected chi connectivity index (χ2v) is 3.87. The highest BCUT2D eigenvalue weighted by Crippen LogP contribution is 2.06. The van der Waals surface area contributed by atoms with E-state index in [0.29, 0.717) is 18.2 Å². The van der Waals surface area contributed by atoms with Crippen molar-refractivity contribution in [2.75, 3.05) is 6.54 Å². The zero-order valence-corrected chi connectivity index (χ0v) is 9.16. The van der Waals surface area contributed by atoms with Crippen molar-refractivity contribution in [2.24, 2.45) is 11.7 Å². The van der Waals surface area contributed by atoms with Crippen LogP contribution in [0.1, 0.15) is 30.8 Å². The molecular weight excluding hydrogens is 192 g/mol. The molecule has 1 aromatic heterocycles. The van der Waals surface area contributed by atoms with Crippen molar-refractivity contribution in [3.05, 3.63) is 18.0 Å². The van der Waals surface area contributed by atoms with Crippen LogP contribution >= 0.6 is 0 Å². The molecule has 0 radical (unpaired) electrons. The lowest BCUT2D eigenvalue weighted by atomic mass is 10.0. The summed E-state index contributed by atoms with van der Waals surface area (Å²) in [5.74, 6) is 0.250. The van der Waals surface area contributed by atoms with Crippen molar-refractivity contribution in [3.8, 4) is 0 Å². The first-order chi connectivity index (χ1) is 7.15. The van der Waals surface area contributed by atoms with Crippen molar-refractivity contribution in [2.45, 2.75) is 26.3 Å². The average molecular weight is 210 g/mol. The SMILES string of the molecule is CC(C)C(CCN)NC(=O)c1ccn[nH]1. The van der Waals surface area contributed by atoms with Gasteiger partial charge in [0.2, 0.25) is 0 Å². The standard InChI is InChI=1S/C10H18N4O/c1-7(2)8(3-5-11)13-10(15)9-4-6-12-14-9/h4,6-8H,3,5,11H2,1-2H3,(H,12,14)(H,13,15). The predicted molar refractivity (Wildman–Crippen MR) is 58.4 cm³/mol. The van der Waals surface area contributed by atoms with Gasteiger partial charge in [0.15, 0.2) is 0 Å². The first kappa shape index (κ1) is 11.7. The number of H-pyrrole nitrogens is 1. The lowest BCUT2D eigenvalue weighted by molar-refractivity contribution is 0.0919. The fourth-order valence-electron chi connectivity index (χ4n) is 1.38. The monoisotopic (exact) mass is 210 g/mol. The van der Waals surface area contributed by atoms with E-state index in [1.165, 1.54) is 0 Å². The Balaban J connectivity index is 2.55. The molecule has 15 heavy (non-hydrogen) atoms. The number of nitrogens with one attached hydrogen (secondary N) is 2. The molecule has 0 saturated heterocycles. The molecule has 1 rings (SSSR count). The maximum absolute atomic E-state index is 11.7. The third-order valence-corrected chi connectivity index (χ3v) is 2.34. The number of amides is 1. The van der Waals surface area contributed by atoms with Gasteiger partial charge in [0.1, 0.15) is 5.69 Å². The summed E-state index contributed by atoms with van der Waals surface area (Å²) in [5, 5.41) is 9.29. The van der Waals surface area contributed by atoms with Gasteiger partial charge in [0, 0.05) is 12.2 Å². The van der Waals surface area contributed by atoms with Gasteiger partial charge < -0.3 is 11.1 Å². The molecule has 0 aromatic carbocycles. The van der Waals surface area contributed by atoms with E-state index < -0.39 is 0 Å². The fourth-order valence-corrected chi connectivity index (χ4v) is 1.38. The number of hydrogen-bond acceptors (Lipinski definition) is 3. The molecule has 1 amide bonds. The maximum atomic E-state index is 11.7. The van der Waals surface area contributed by atoms with Crippen molar-refractivity contribution >= 4 is 5.91 Å². The zero-order valence-electron chi connectivity index (χ0n) is 9.16. The van der Waals surface area contributed by atoms with Gasteiger partial charge in [-0.1, -0.05) is 13.8 Å². The maximum Gasteiger partial charge on any atom is 0.269 e. The molecule has 0 spiro atoms. The molecule has 0 bridgehead atoms. The first-order valence-corrected chi connectivity index (χ1v) is 5.15. The first-order valence-electron chi connectivity index (χ1n) is 5.15. The molecule has 4 N–H and O–H groups in total. The van der Waals surface area contributed by atoms with Crippen molar-refractivity contribution in [1.29, 1.82) is 0 Å². The molecule has 1 atom stereocenters. The largest absolute Gasteiger partial charge is 0.348 e. The smallest absolute Gasteiger partial charge is 0.269 e. The van der Waals surface area contributed by atoms with Crippen LogP contribution in [-0.4, -0.2) is 28.7 Å². The highest BCUT2D eigenvalue weighted by Gasteiger charge is 2.16. The summed E-state index contributed by atoms with van der Waals surface area (Å²) in [6, 6.07) is 1.76. The van der Waals surface area contributed by atoms with E-state index in [0.717, 1.165) is 6.42 Å². The van der Waals surface area contributed by atoms with Gasteiger partial charge in [-0.3, -0.25) is 9.89 Å². The number of hydrogen-bond donors (Lipinski definition) is 3. The third kappa shape index (κ3) is 3.36. The van der Waals surface area contributed by atoms with E-state index in [1.54, 1.807) is 12.3 Å². The van der Waals surface area contributed by atoms with Gasteiger partial charge in [-0.25, -0.2) is 0 Å². The minimum atomic E-state index is -0.125. The highest BCUT2D eigenvalue weighted by atomic mass is 16.2. The summed E-state index contributed by atoms with van der Waals surface area (Å²) >= 11 is 0. The second-order valence-electron chi connectivity index (χ2n) is 3.87. The van der Waals surface area contributed by atoms with Gasteiger partial charge in [-0.05, 0) is 24.9 Å². The minimum absolute atomic E-state index is 0.116. The number of aromatic nitrogens is 2. The van der Waals surface area contributed by atoms with Crippen molar-refractivity contribution in [1.82, 2.24) is 15.5 Å². The number of aromatic amines is 1. The Labute approximate surface area is 89.4 Å². The molecular formula is C10H18N4O. The van der Waals surface area contributed by atoms with Crippen molar-refractivity contribution < 1.29 is 4.79 Å². The topological polar surface area (TPSA) is 83.8 Å². The molecule has 0 saturated carbocycles. The minimum Gasteiger partial charge on any atom is -0.348 e. The fraction of sp³-hybridized carbons (Fsp3) is 0.600. The van der Waals surface area contributed by atoms with Gasteiger partial charge in [-0.2, -0.15) is 5.10 Å². The normalized spacial score (nSPS) is 12.8. The van der Waals surface area contributed by atoms with Gasteiger partial charge in [0.05, 0.1) is 0 Å². The van der Waals surface area contributed by atoms with Crippen LogP contribution in [0.2, 0.25) is 0 Å². The van der Waals surface area contributed by atoms with Crippen molar-refractivity contribution in [3.63, 3.8) is 0 Å². The van der Waals surface area contributed by atoms with Gasteiger partial charge in [0.25, 0.3) is 5.91 Å². The molecule has 5 nitrogen and oxygen atoms in total. The van der Waals surface area contributed by atoms with Crippen LogP contribution in [-0.2, 0) is 0 Å². The van der Waals surface area contributed by atoms with Crippen LogP contribution in [0.5, 0.6) is 0 Å². The number of rotatable bonds is 5. The Morgan fingerprint density at radius 3 is 2.87 bits per heavy atom. The number of nitrogens with two attached hydrogens (primary N) is 1. The molecule has 0 aliphatic heterocycles. The molecule has 5 heteroatoms. The highest BCUT2D eigenvalue weighted by molar-refractivity contribution is 5.92. The summed E-state index contributed by atoms with van der Waals surface area (Å²) in [6.45, 7) is 4.70. The van der Waals surface area contributed by atoms with E-state index in [2.05, 4.69) is 29.4 Å². The zero-order chi connectivity index (χ0) is 11.3. The van der Waals surface area contributed by atoms with E-state index >= 15 is 0 Å². The van der Waals surface area contributed by atoms with E-state index in [-0.39, 0.29) is 11.9 Å². The van der Waals surface area contributed by atoms with Gasteiger partial charge >= 0.3 is 0 Å². The Morgan fingerprint density at radius 2 is 2.40 bits per heavy atom. The molecule has 1 aromatic rings. The summed E-state index contributed by atoms with van der Waals surface area (Å²) < 4.78 is 0. The molecule has 1 heterocycles. The summed E-state index contributed by atoms with van der Waals surface area (Å²) in [4.78, 5) is 11.7. The van der Waals surface area contributed by atoms with E-state index in [9.17, 15) is 4.79 Å². The lowest BCUT2D eigenvalue weighted by Crippen LogP contribution is -2.40. The summed E-state index contributed by atoms with van der Waals surface area (Å²) in [5.41, 5.74) is 5.97.